The predicted molar refractivity (Wildman–Crippen MR) is 81.7 cm³/mol. The van der Waals surface area contributed by atoms with Gasteiger partial charge in [-0.25, -0.2) is 4.98 Å². The van der Waals surface area contributed by atoms with Gasteiger partial charge in [-0.3, -0.25) is 9.59 Å². The molecule has 0 aromatic carbocycles. The zero-order valence-electron chi connectivity index (χ0n) is 13.0. The van der Waals surface area contributed by atoms with E-state index >= 15 is 0 Å². The lowest BCUT2D eigenvalue weighted by molar-refractivity contribution is -0.141. The van der Waals surface area contributed by atoms with E-state index in [0.29, 0.717) is 5.56 Å². The molecule has 0 bridgehead atoms. The van der Waals surface area contributed by atoms with E-state index in [9.17, 15) is 9.59 Å². The third-order valence-corrected chi connectivity index (χ3v) is 3.32. The minimum atomic E-state index is -0.933. The second kappa shape index (κ2) is 6.43. The molecule has 1 atom stereocenters. The van der Waals surface area contributed by atoms with Crippen molar-refractivity contribution in [2.45, 2.75) is 33.1 Å². The van der Waals surface area contributed by atoms with Gasteiger partial charge < -0.3 is 10.0 Å². The van der Waals surface area contributed by atoms with Crippen molar-refractivity contribution >= 4 is 23.5 Å². The van der Waals surface area contributed by atoms with Gasteiger partial charge in [0.2, 0.25) is 0 Å². The van der Waals surface area contributed by atoms with Crippen LogP contribution in [0.4, 0.5) is 0 Å². The van der Waals surface area contributed by atoms with Gasteiger partial charge in [0.25, 0.3) is 5.91 Å². The van der Waals surface area contributed by atoms with Crippen LogP contribution in [0.5, 0.6) is 0 Å². The second-order valence-electron chi connectivity index (χ2n) is 6.24. The Kier molecular flexibility index (Phi) is 5.34. The lowest BCUT2D eigenvalue weighted by Gasteiger charge is -2.22. The highest BCUT2D eigenvalue weighted by molar-refractivity contribution is 6.29. The third kappa shape index (κ3) is 4.70. The van der Waals surface area contributed by atoms with Crippen LogP contribution in [0.15, 0.2) is 12.1 Å². The third-order valence-electron chi connectivity index (χ3n) is 3.13. The van der Waals surface area contributed by atoms with E-state index < -0.39 is 11.9 Å². The second-order valence-corrected chi connectivity index (χ2v) is 6.63. The van der Waals surface area contributed by atoms with Gasteiger partial charge in [-0.15, -0.1) is 0 Å². The highest BCUT2D eigenvalue weighted by Crippen LogP contribution is 2.24. The fourth-order valence-electron chi connectivity index (χ4n) is 1.80. The van der Waals surface area contributed by atoms with Crippen molar-refractivity contribution < 1.29 is 14.7 Å². The summed E-state index contributed by atoms with van der Waals surface area (Å²) in [6.07, 6.45) is 0. The molecule has 0 aliphatic carbocycles. The first-order valence-electron chi connectivity index (χ1n) is 6.68. The van der Waals surface area contributed by atoms with Crippen molar-refractivity contribution in [2.75, 3.05) is 13.6 Å². The molecule has 0 radical (unpaired) electrons. The van der Waals surface area contributed by atoms with Gasteiger partial charge in [0.05, 0.1) is 5.92 Å². The minimum Gasteiger partial charge on any atom is -0.481 e. The minimum absolute atomic E-state index is 0.138. The molecule has 1 N–H and O–H groups in total. The van der Waals surface area contributed by atoms with E-state index in [0.717, 1.165) is 5.69 Å². The van der Waals surface area contributed by atoms with Crippen LogP contribution >= 0.6 is 11.6 Å². The molecular formula is C15H21ClN2O3. The summed E-state index contributed by atoms with van der Waals surface area (Å²) in [7, 11) is 1.58. The van der Waals surface area contributed by atoms with Crippen molar-refractivity contribution in [3.8, 4) is 0 Å². The number of aliphatic carboxylic acids is 1. The summed E-state index contributed by atoms with van der Waals surface area (Å²) in [5.41, 5.74) is 0.908. The SMILES string of the molecule is CC(CN(C)C(=O)c1cc(Cl)nc(C(C)(C)C)c1)C(=O)O. The monoisotopic (exact) mass is 312 g/mol. The molecule has 21 heavy (non-hydrogen) atoms. The number of hydrogen-bond donors (Lipinski definition) is 1. The zero-order valence-corrected chi connectivity index (χ0v) is 13.7. The number of carboxylic acid groups (broad SMARTS) is 1. The molecule has 1 aromatic heterocycles. The Bertz CT molecular complexity index is 552. The molecule has 5 nitrogen and oxygen atoms in total. The van der Waals surface area contributed by atoms with Crippen LogP contribution in [0.1, 0.15) is 43.7 Å². The lowest BCUT2D eigenvalue weighted by Crippen LogP contribution is -2.34. The molecule has 0 saturated carbocycles. The summed E-state index contributed by atoms with van der Waals surface area (Å²) in [5.74, 6) is -1.82. The molecule has 116 valence electrons. The van der Waals surface area contributed by atoms with E-state index in [1.54, 1.807) is 20.0 Å². The molecule has 1 amide bonds. The van der Waals surface area contributed by atoms with Gasteiger partial charge in [0, 0.05) is 30.3 Å². The molecule has 1 rings (SSSR count). The van der Waals surface area contributed by atoms with Crippen LogP contribution in [0.3, 0.4) is 0 Å². The summed E-state index contributed by atoms with van der Waals surface area (Å²) in [5, 5.41) is 9.16. The van der Waals surface area contributed by atoms with E-state index in [2.05, 4.69) is 4.98 Å². The Morgan fingerprint density at radius 1 is 1.38 bits per heavy atom. The fraction of sp³-hybridized carbons (Fsp3) is 0.533. The van der Waals surface area contributed by atoms with Crippen molar-refractivity contribution in [1.29, 1.82) is 0 Å². The Hall–Kier alpha value is -1.62. The fourth-order valence-corrected chi connectivity index (χ4v) is 2.01. The summed E-state index contributed by atoms with van der Waals surface area (Å²) >= 11 is 5.99. The van der Waals surface area contributed by atoms with Gasteiger partial charge in [0.1, 0.15) is 5.15 Å². The highest BCUT2D eigenvalue weighted by Gasteiger charge is 2.22. The van der Waals surface area contributed by atoms with E-state index in [1.165, 1.54) is 11.0 Å². The number of rotatable bonds is 4. The normalized spacial score (nSPS) is 12.9. The first-order valence-corrected chi connectivity index (χ1v) is 7.06. The van der Waals surface area contributed by atoms with Gasteiger partial charge in [-0.1, -0.05) is 39.3 Å². The average molecular weight is 313 g/mol. The molecule has 0 spiro atoms. The van der Waals surface area contributed by atoms with Crippen molar-refractivity contribution in [2.24, 2.45) is 5.92 Å². The average Bonchev–Trinajstić information content (AvgIpc) is 2.35. The number of aromatic nitrogens is 1. The maximum absolute atomic E-state index is 12.4. The molecule has 6 heteroatoms. The standard InChI is InChI=1S/C15H21ClN2O3/c1-9(14(20)21)8-18(5)13(19)10-6-11(15(2,3)4)17-12(16)7-10/h6-7,9H,8H2,1-5H3,(H,20,21). The molecule has 0 aliphatic heterocycles. The van der Waals surface area contributed by atoms with Crippen LogP contribution in [-0.2, 0) is 10.2 Å². The number of amides is 1. The van der Waals surface area contributed by atoms with E-state index in [4.69, 9.17) is 16.7 Å². The van der Waals surface area contributed by atoms with Crippen molar-refractivity contribution in [3.63, 3.8) is 0 Å². The van der Waals surface area contributed by atoms with Gasteiger partial charge in [0.15, 0.2) is 0 Å². The van der Waals surface area contributed by atoms with Crippen molar-refractivity contribution in [1.82, 2.24) is 9.88 Å². The van der Waals surface area contributed by atoms with Crippen LogP contribution < -0.4 is 0 Å². The number of pyridine rings is 1. The summed E-state index contributed by atoms with van der Waals surface area (Å²) in [6, 6.07) is 3.21. The smallest absolute Gasteiger partial charge is 0.308 e. The summed E-state index contributed by atoms with van der Waals surface area (Å²) < 4.78 is 0. The zero-order chi connectivity index (χ0) is 16.4. The number of carbonyl (C=O) groups is 2. The molecule has 0 aliphatic rings. The van der Waals surface area contributed by atoms with Gasteiger partial charge in [-0.05, 0) is 12.1 Å². The molecule has 0 fully saturated rings. The van der Waals surface area contributed by atoms with E-state index in [1.807, 2.05) is 20.8 Å². The lowest BCUT2D eigenvalue weighted by atomic mass is 9.90. The number of carbonyl (C=O) groups excluding carboxylic acids is 1. The Balaban J connectivity index is 3.02. The number of nitrogens with zero attached hydrogens (tertiary/aromatic N) is 2. The predicted octanol–water partition coefficient (Wildman–Crippen LogP) is 2.83. The molecule has 1 unspecified atom stereocenters. The quantitative estimate of drug-likeness (QED) is 0.868. The van der Waals surface area contributed by atoms with Crippen LogP contribution in [0.2, 0.25) is 5.15 Å². The van der Waals surface area contributed by atoms with Crippen LogP contribution in [-0.4, -0.2) is 40.5 Å². The van der Waals surface area contributed by atoms with E-state index in [-0.39, 0.29) is 23.0 Å². The van der Waals surface area contributed by atoms with Crippen LogP contribution in [0, 0.1) is 5.92 Å². The number of halogens is 1. The van der Waals surface area contributed by atoms with Crippen LogP contribution in [0.25, 0.3) is 0 Å². The highest BCUT2D eigenvalue weighted by atomic mass is 35.5. The Morgan fingerprint density at radius 2 is 1.95 bits per heavy atom. The molecule has 0 saturated heterocycles. The van der Waals surface area contributed by atoms with Crippen molar-refractivity contribution in [3.05, 3.63) is 28.5 Å². The first-order chi connectivity index (χ1) is 9.52. The Labute approximate surface area is 129 Å². The summed E-state index contributed by atoms with van der Waals surface area (Å²) in [4.78, 5) is 28.9. The first kappa shape index (κ1) is 17.4. The summed E-state index contributed by atoms with van der Waals surface area (Å²) in [6.45, 7) is 7.65. The number of hydrogen-bond acceptors (Lipinski definition) is 3. The topological polar surface area (TPSA) is 70.5 Å². The maximum Gasteiger partial charge on any atom is 0.308 e. The number of carboxylic acids is 1. The van der Waals surface area contributed by atoms with Gasteiger partial charge >= 0.3 is 5.97 Å². The maximum atomic E-state index is 12.4. The Morgan fingerprint density at radius 3 is 2.43 bits per heavy atom. The molecule has 1 aromatic rings. The molecular weight excluding hydrogens is 292 g/mol. The van der Waals surface area contributed by atoms with Gasteiger partial charge in [-0.2, -0.15) is 0 Å². The molecule has 1 heterocycles. The largest absolute Gasteiger partial charge is 0.481 e.